The van der Waals surface area contributed by atoms with Gasteiger partial charge in [-0.2, -0.15) is 0 Å². The summed E-state index contributed by atoms with van der Waals surface area (Å²) in [5, 5.41) is 0. The molecule has 376 valence electrons. The molecule has 1 unspecified atom stereocenters. The Morgan fingerprint density at radius 2 is 0.606 bits per heavy atom. The zero-order valence-electron chi connectivity index (χ0n) is 42.9. The Kier molecular flexibility index (Phi) is 50.9. The van der Waals surface area contributed by atoms with Crippen LogP contribution < -0.4 is 0 Å². The van der Waals surface area contributed by atoms with Crippen molar-refractivity contribution in [1.29, 1.82) is 0 Å². The Hall–Kier alpha value is -3.67. The molecule has 0 aliphatic carbocycles. The van der Waals surface area contributed by atoms with E-state index in [4.69, 9.17) is 14.2 Å². The first-order chi connectivity index (χ1) is 32.5. The summed E-state index contributed by atoms with van der Waals surface area (Å²) in [4.78, 5) is 38.0. The maximum atomic E-state index is 12.8. The van der Waals surface area contributed by atoms with Gasteiger partial charge in [0, 0.05) is 19.3 Å². The number of hydrogen-bond acceptors (Lipinski definition) is 6. The number of rotatable bonds is 48. The quantitative estimate of drug-likeness (QED) is 0.0262. The molecule has 0 amide bonds. The molecule has 66 heavy (non-hydrogen) atoms. The van der Waals surface area contributed by atoms with Crippen LogP contribution in [0.1, 0.15) is 245 Å². The summed E-state index contributed by atoms with van der Waals surface area (Å²) in [5.74, 6) is -0.926. The number of esters is 3. The molecule has 0 bridgehead atoms. The van der Waals surface area contributed by atoms with Crippen LogP contribution in [0, 0.1) is 0 Å². The Balaban J connectivity index is 4.32. The number of allylic oxidation sites excluding steroid dienone is 16. The fourth-order valence-electron chi connectivity index (χ4n) is 7.18. The smallest absolute Gasteiger partial charge is 0.306 e. The van der Waals surface area contributed by atoms with Crippen molar-refractivity contribution >= 4 is 17.9 Å². The molecular weight excluding hydrogens is 817 g/mol. The van der Waals surface area contributed by atoms with E-state index in [9.17, 15) is 14.4 Å². The lowest BCUT2D eigenvalue weighted by Gasteiger charge is -2.18. The molecule has 0 aromatic rings. The Labute approximate surface area is 407 Å². The number of hydrogen-bond donors (Lipinski definition) is 0. The lowest BCUT2D eigenvalue weighted by Crippen LogP contribution is -2.30. The van der Waals surface area contributed by atoms with Crippen LogP contribution in [0.3, 0.4) is 0 Å². The third-order valence-corrected chi connectivity index (χ3v) is 11.3. The molecule has 0 spiro atoms. The highest BCUT2D eigenvalue weighted by molar-refractivity contribution is 5.71. The number of ether oxygens (including phenoxy) is 3. The zero-order valence-corrected chi connectivity index (χ0v) is 42.9. The van der Waals surface area contributed by atoms with Crippen LogP contribution in [0.4, 0.5) is 0 Å². The van der Waals surface area contributed by atoms with Crippen LogP contribution >= 0.6 is 0 Å². The van der Waals surface area contributed by atoms with Crippen molar-refractivity contribution in [3.05, 3.63) is 97.2 Å². The lowest BCUT2D eigenvalue weighted by molar-refractivity contribution is -0.167. The molecule has 0 aromatic carbocycles. The molecule has 0 fully saturated rings. The van der Waals surface area contributed by atoms with Crippen LogP contribution in [0.15, 0.2) is 97.2 Å². The van der Waals surface area contributed by atoms with Crippen LogP contribution in [0.2, 0.25) is 0 Å². The van der Waals surface area contributed by atoms with E-state index in [1.165, 1.54) is 77.0 Å². The van der Waals surface area contributed by atoms with Crippen molar-refractivity contribution in [2.24, 2.45) is 0 Å². The highest BCUT2D eigenvalue weighted by atomic mass is 16.6. The van der Waals surface area contributed by atoms with Gasteiger partial charge in [0.25, 0.3) is 0 Å². The number of carbonyl (C=O) groups is 3. The van der Waals surface area contributed by atoms with E-state index in [1.54, 1.807) is 0 Å². The molecule has 0 radical (unpaired) electrons. The van der Waals surface area contributed by atoms with E-state index in [1.807, 2.05) is 0 Å². The fourth-order valence-corrected chi connectivity index (χ4v) is 7.18. The second-order valence-electron chi connectivity index (χ2n) is 17.7. The third kappa shape index (κ3) is 51.3. The summed E-state index contributed by atoms with van der Waals surface area (Å²) in [6, 6.07) is 0. The van der Waals surface area contributed by atoms with Crippen LogP contribution in [-0.2, 0) is 28.6 Å². The molecular formula is C60H100O6. The van der Waals surface area contributed by atoms with Crippen LogP contribution in [0.5, 0.6) is 0 Å². The highest BCUT2D eigenvalue weighted by Gasteiger charge is 2.19. The van der Waals surface area contributed by atoms with Gasteiger partial charge in [-0.15, -0.1) is 0 Å². The van der Waals surface area contributed by atoms with Gasteiger partial charge in [-0.25, -0.2) is 0 Å². The zero-order chi connectivity index (χ0) is 47.9. The van der Waals surface area contributed by atoms with Gasteiger partial charge in [0.1, 0.15) is 13.2 Å². The van der Waals surface area contributed by atoms with Crippen LogP contribution in [-0.4, -0.2) is 37.2 Å². The molecule has 6 nitrogen and oxygen atoms in total. The second kappa shape index (κ2) is 53.9. The molecule has 0 N–H and O–H groups in total. The fraction of sp³-hybridized carbons (Fsp3) is 0.683. The maximum Gasteiger partial charge on any atom is 0.306 e. The van der Waals surface area contributed by atoms with Crippen molar-refractivity contribution in [2.75, 3.05) is 13.2 Å². The number of unbranched alkanes of at least 4 members (excludes halogenated alkanes) is 21. The standard InChI is InChI=1S/C60H100O6/c1-4-7-10-13-16-19-22-24-25-26-27-28-29-30-31-32-33-34-35-36-39-41-44-47-50-53-59(62)65-56-57(55-64-58(61)52-49-46-43-40-37-21-18-15-12-9-6-3)66-60(63)54-51-48-45-42-38-23-20-17-14-11-8-5-2/h7,10,15-20,24-25,27-28,30-31,33-34,57H,4-6,8-9,11-14,21-23,26,29,32,35-56H2,1-3H3/b10-7-,18-15-,19-16-,20-17-,25-24-,28-27-,31-30-,34-33-. The van der Waals surface area contributed by atoms with Gasteiger partial charge < -0.3 is 14.2 Å². The highest BCUT2D eigenvalue weighted by Crippen LogP contribution is 2.14. The van der Waals surface area contributed by atoms with E-state index in [0.717, 1.165) is 128 Å². The second-order valence-corrected chi connectivity index (χ2v) is 17.7. The Morgan fingerprint density at radius 3 is 0.985 bits per heavy atom. The summed E-state index contributed by atoms with van der Waals surface area (Å²) in [6.07, 6.45) is 71.1. The maximum absolute atomic E-state index is 12.8. The lowest BCUT2D eigenvalue weighted by atomic mass is 10.1. The monoisotopic (exact) mass is 917 g/mol. The van der Waals surface area contributed by atoms with Crippen molar-refractivity contribution in [3.63, 3.8) is 0 Å². The first-order valence-corrected chi connectivity index (χ1v) is 27.2. The Morgan fingerprint density at radius 1 is 0.318 bits per heavy atom. The van der Waals surface area contributed by atoms with Gasteiger partial charge in [-0.1, -0.05) is 208 Å². The minimum absolute atomic E-state index is 0.0905. The van der Waals surface area contributed by atoms with Crippen molar-refractivity contribution in [1.82, 2.24) is 0 Å². The van der Waals surface area contributed by atoms with Crippen LogP contribution in [0.25, 0.3) is 0 Å². The molecule has 0 aromatic heterocycles. The number of carbonyl (C=O) groups excluding carboxylic acids is 3. The van der Waals surface area contributed by atoms with Gasteiger partial charge in [0.15, 0.2) is 6.10 Å². The molecule has 6 heteroatoms. The minimum atomic E-state index is -0.791. The van der Waals surface area contributed by atoms with Crippen molar-refractivity contribution < 1.29 is 28.6 Å². The molecule has 0 aliphatic heterocycles. The molecule has 1 atom stereocenters. The summed E-state index contributed by atoms with van der Waals surface area (Å²) < 4.78 is 16.8. The van der Waals surface area contributed by atoms with E-state index in [0.29, 0.717) is 19.3 Å². The van der Waals surface area contributed by atoms with E-state index in [2.05, 4.69) is 118 Å². The average molecular weight is 917 g/mol. The summed E-state index contributed by atoms with van der Waals surface area (Å²) >= 11 is 0. The largest absolute Gasteiger partial charge is 0.462 e. The minimum Gasteiger partial charge on any atom is -0.462 e. The van der Waals surface area contributed by atoms with E-state index >= 15 is 0 Å². The van der Waals surface area contributed by atoms with Gasteiger partial charge in [0.2, 0.25) is 0 Å². The molecule has 0 rings (SSSR count). The molecule has 0 saturated carbocycles. The first kappa shape index (κ1) is 62.3. The average Bonchev–Trinajstić information content (AvgIpc) is 3.31. The normalized spacial score (nSPS) is 12.8. The van der Waals surface area contributed by atoms with Gasteiger partial charge in [-0.05, 0) is 116 Å². The molecule has 0 aliphatic rings. The molecule has 0 heterocycles. The third-order valence-electron chi connectivity index (χ3n) is 11.3. The van der Waals surface area contributed by atoms with E-state index in [-0.39, 0.29) is 31.1 Å². The summed E-state index contributed by atoms with van der Waals surface area (Å²) in [6.45, 7) is 6.43. The topological polar surface area (TPSA) is 78.9 Å². The summed E-state index contributed by atoms with van der Waals surface area (Å²) in [5.41, 5.74) is 0. The SMILES string of the molecule is CC/C=C\C/C=C\C/C=C\C/C=C\C/C=C\C/C=C\CCCCCCCCC(=O)OCC(COC(=O)CCCCCCC/C=C\CCCC)OC(=O)CCCCCCC/C=C\CCCCC. The first-order valence-electron chi connectivity index (χ1n) is 27.2. The predicted octanol–water partition coefficient (Wildman–Crippen LogP) is 18.1. The van der Waals surface area contributed by atoms with E-state index < -0.39 is 6.10 Å². The molecule has 0 saturated heterocycles. The van der Waals surface area contributed by atoms with Crippen molar-refractivity contribution in [2.45, 2.75) is 252 Å². The Bertz CT molecular complexity index is 1330. The predicted molar refractivity (Wildman–Crippen MR) is 284 cm³/mol. The summed E-state index contributed by atoms with van der Waals surface area (Å²) in [7, 11) is 0. The van der Waals surface area contributed by atoms with Crippen molar-refractivity contribution in [3.8, 4) is 0 Å². The van der Waals surface area contributed by atoms with Gasteiger partial charge in [-0.3, -0.25) is 14.4 Å². The van der Waals surface area contributed by atoms with Gasteiger partial charge >= 0.3 is 17.9 Å². The van der Waals surface area contributed by atoms with Gasteiger partial charge in [0.05, 0.1) is 0 Å².